The van der Waals surface area contributed by atoms with E-state index in [2.05, 4.69) is 16.0 Å². The van der Waals surface area contributed by atoms with E-state index in [-0.39, 0.29) is 24.4 Å². The second-order valence-corrected chi connectivity index (χ2v) is 5.92. The van der Waals surface area contributed by atoms with Crippen molar-refractivity contribution in [2.75, 3.05) is 13.1 Å². The standard InChI is InChI=1S/C15H29N3O2/c1-12(2)18-15(20)11-17-14(19)10-16-13-8-6-4-3-5-7-9-13/h12-13,16H,3-11H2,1-2H3,(H,17,19)(H,18,20). The van der Waals surface area contributed by atoms with Crippen LogP contribution in [0.5, 0.6) is 0 Å². The van der Waals surface area contributed by atoms with Gasteiger partial charge in [0.25, 0.3) is 0 Å². The third kappa shape index (κ3) is 8.15. The largest absolute Gasteiger partial charge is 0.352 e. The van der Waals surface area contributed by atoms with Gasteiger partial charge in [0.2, 0.25) is 11.8 Å². The third-order valence-corrected chi connectivity index (χ3v) is 3.55. The molecule has 0 spiro atoms. The number of carbonyl (C=O) groups is 2. The molecule has 116 valence electrons. The number of nitrogens with one attached hydrogen (secondary N) is 3. The highest BCUT2D eigenvalue weighted by Gasteiger charge is 2.12. The molecule has 2 amide bonds. The second-order valence-electron chi connectivity index (χ2n) is 5.92. The van der Waals surface area contributed by atoms with Gasteiger partial charge < -0.3 is 16.0 Å². The van der Waals surface area contributed by atoms with Crippen molar-refractivity contribution in [3.05, 3.63) is 0 Å². The lowest BCUT2D eigenvalue weighted by atomic mass is 9.97. The van der Waals surface area contributed by atoms with Gasteiger partial charge in [-0.25, -0.2) is 0 Å². The molecule has 5 nitrogen and oxygen atoms in total. The summed E-state index contributed by atoms with van der Waals surface area (Å²) in [6.07, 6.45) is 8.76. The maximum atomic E-state index is 11.7. The number of carbonyl (C=O) groups excluding carboxylic acids is 2. The van der Waals surface area contributed by atoms with Crippen LogP contribution in [-0.2, 0) is 9.59 Å². The molecule has 0 saturated heterocycles. The predicted octanol–water partition coefficient (Wildman–Crippen LogP) is 1.33. The quantitative estimate of drug-likeness (QED) is 0.689. The minimum atomic E-state index is -0.140. The highest BCUT2D eigenvalue weighted by Crippen LogP contribution is 2.16. The Morgan fingerprint density at radius 1 is 0.950 bits per heavy atom. The van der Waals surface area contributed by atoms with Gasteiger partial charge in [0.05, 0.1) is 13.1 Å². The predicted molar refractivity (Wildman–Crippen MR) is 80.4 cm³/mol. The van der Waals surface area contributed by atoms with E-state index in [1.165, 1.54) is 32.1 Å². The zero-order valence-corrected chi connectivity index (χ0v) is 12.8. The molecule has 0 bridgehead atoms. The third-order valence-electron chi connectivity index (χ3n) is 3.55. The highest BCUT2D eigenvalue weighted by atomic mass is 16.2. The molecule has 5 heteroatoms. The van der Waals surface area contributed by atoms with Crippen LogP contribution in [0.25, 0.3) is 0 Å². The topological polar surface area (TPSA) is 70.2 Å². The van der Waals surface area contributed by atoms with Crippen LogP contribution in [0, 0.1) is 0 Å². The fourth-order valence-corrected chi connectivity index (χ4v) is 2.51. The van der Waals surface area contributed by atoms with Gasteiger partial charge in [-0.2, -0.15) is 0 Å². The van der Waals surface area contributed by atoms with Crippen LogP contribution >= 0.6 is 0 Å². The summed E-state index contributed by atoms with van der Waals surface area (Å²) < 4.78 is 0. The molecular weight excluding hydrogens is 254 g/mol. The molecule has 20 heavy (non-hydrogen) atoms. The van der Waals surface area contributed by atoms with Crippen molar-refractivity contribution in [3.8, 4) is 0 Å². The fourth-order valence-electron chi connectivity index (χ4n) is 2.51. The van der Waals surface area contributed by atoms with Gasteiger partial charge in [-0.1, -0.05) is 32.1 Å². The maximum absolute atomic E-state index is 11.7. The summed E-state index contributed by atoms with van der Waals surface area (Å²) in [4.78, 5) is 23.1. The molecular formula is C15H29N3O2. The van der Waals surface area contributed by atoms with Crippen molar-refractivity contribution in [3.63, 3.8) is 0 Å². The van der Waals surface area contributed by atoms with Gasteiger partial charge in [0.1, 0.15) is 0 Å². The number of hydrogen-bond acceptors (Lipinski definition) is 3. The van der Waals surface area contributed by atoms with E-state index in [4.69, 9.17) is 0 Å². The Bertz CT molecular complexity index is 297. The molecule has 0 aromatic rings. The molecule has 1 saturated carbocycles. The average molecular weight is 283 g/mol. The Morgan fingerprint density at radius 3 is 2.15 bits per heavy atom. The summed E-state index contributed by atoms with van der Waals surface area (Å²) in [7, 11) is 0. The van der Waals surface area contributed by atoms with Gasteiger partial charge in [0, 0.05) is 12.1 Å². The van der Waals surface area contributed by atoms with Gasteiger partial charge in [-0.05, 0) is 26.7 Å². The monoisotopic (exact) mass is 283 g/mol. The summed E-state index contributed by atoms with van der Waals surface area (Å²) in [5, 5.41) is 8.70. The molecule has 0 atom stereocenters. The molecule has 0 aromatic heterocycles. The average Bonchev–Trinajstić information content (AvgIpc) is 2.34. The van der Waals surface area contributed by atoms with Crippen molar-refractivity contribution in [2.24, 2.45) is 0 Å². The van der Waals surface area contributed by atoms with Crippen molar-refractivity contribution < 1.29 is 9.59 Å². The molecule has 0 aromatic carbocycles. The molecule has 0 aliphatic heterocycles. The Balaban J connectivity index is 2.13. The zero-order valence-electron chi connectivity index (χ0n) is 12.8. The van der Waals surface area contributed by atoms with E-state index in [9.17, 15) is 9.59 Å². The van der Waals surface area contributed by atoms with Crippen LogP contribution in [0.2, 0.25) is 0 Å². The van der Waals surface area contributed by atoms with E-state index in [1.807, 2.05) is 13.8 Å². The summed E-state index contributed by atoms with van der Waals surface area (Å²) in [6, 6.07) is 0.554. The van der Waals surface area contributed by atoms with Crippen LogP contribution in [0.15, 0.2) is 0 Å². The minimum Gasteiger partial charge on any atom is -0.352 e. The van der Waals surface area contributed by atoms with Crippen LogP contribution in [0.3, 0.4) is 0 Å². The lowest BCUT2D eigenvalue weighted by Crippen LogP contribution is -2.44. The minimum absolute atomic E-state index is 0.0589. The van der Waals surface area contributed by atoms with Crippen LogP contribution in [0.4, 0.5) is 0 Å². The Labute approximate surface area is 122 Å². The number of hydrogen-bond donors (Lipinski definition) is 3. The van der Waals surface area contributed by atoms with Crippen molar-refractivity contribution in [2.45, 2.75) is 70.9 Å². The Kier molecular flexibility index (Phi) is 8.26. The van der Waals surface area contributed by atoms with Crippen LogP contribution < -0.4 is 16.0 Å². The van der Waals surface area contributed by atoms with Crippen molar-refractivity contribution in [1.82, 2.24) is 16.0 Å². The molecule has 1 aliphatic rings. The molecule has 1 fully saturated rings. The van der Waals surface area contributed by atoms with E-state index >= 15 is 0 Å². The first-order valence-electron chi connectivity index (χ1n) is 7.87. The molecule has 1 aliphatic carbocycles. The van der Waals surface area contributed by atoms with Gasteiger partial charge in [-0.15, -0.1) is 0 Å². The Hall–Kier alpha value is -1.10. The van der Waals surface area contributed by atoms with Gasteiger partial charge >= 0.3 is 0 Å². The maximum Gasteiger partial charge on any atom is 0.239 e. The van der Waals surface area contributed by atoms with E-state index < -0.39 is 0 Å². The lowest BCUT2D eigenvalue weighted by molar-refractivity contribution is -0.126. The molecule has 0 radical (unpaired) electrons. The Morgan fingerprint density at radius 2 is 1.55 bits per heavy atom. The fraction of sp³-hybridized carbons (Fsp3) is 0.867. The smallest absolute Gasteiger partial charge is 0.239 e. The number of amides is 2. The van der Waals surface area contributed by atoms with Crippen LogP contribution in [0.1, 0.15) is 58.8 Å². The lowest BCUT2D eigenvalue weighted by Gasteiger charge is -2.20. The highest BCUT2D eigenvalue weighted by molar-refractivity contribution is 5.85. The van der Waals surface area contributed by atoms with E-state index in [1.54, 1.807) is 0 Å². The summed E-state index contributed by atoms with van der Waals surface area (Å²) >= 11 is 0. The summed E-state index contributed by atoms with van der Waals surface area (Å²) in [5.74, 6) is -0.245. The van der Waals surface area contributed by atoms with Crippen LogP contribution in [-0.4, -0.2) is 37.0 Å². The summed E-state index contributed by atoms with van der Waals surface area (Å²) in [6.45, 7) is 4.16. The normalized spacial score (nSPS) is 17.4. The summed E-state index contributed by atoms with van der Waals surface area (Å²) in [5.41, 5.74) is 0. The van der Waals surface area contributed by atoms with E-state index in [0.29, 0.717) is 12.6 Å². The first kappa shape index (κ1) is 17.0. The molecule has 0 unspecified atom stereocenters. The molecule has 3 N–H and O–H groups in total. The van der Waals surface area contributed by atoms with Gasteiger partial charge in [-0.3, -0.25) is 9.59 Å². The SMILES string of the molecule is CC(C)NC(=O)CNC(=O)CNC1CCCCCCC1. The van der Waals surface area contributed by atoms with Gasteiger partial charge in [0.15, 0.2) is 0 Å². The first-order chi connectivity index (χ1) is 9.58. The number of rotatable bonds is 6. The van der Waals surface area contributed by atoms with Crippen molar-refractivity contribution in [1.29, 1.82) is 0 Å². The second kappa shape index (κ2) is 9.75. The zero-order chi connectivity index (χ0) is 14.8. The van der Waals surface area contributed by atoms with E-state index in [0.717, 1.165) is 12.8 Å². The molecule has 1 rings (SSSR count). The van der Waals surface area contributed by atoms with Crippen molar-refractivity contribution >= 4 is 11.8 Å². The first-order valence-corrected chi connectivity index (χ1v) is 7.87. The molecule has 0 heterocycles.